The molecule has 0 saturated carbocycles. The number of non-ortho nitro benzene ring substituents is 1. The SMILES string of the molecule is O=C(Nc1cc(C(F)(F)F)ccc1Cl)C(=O)[C@H]1C(=O)N(c2ccc([N+](=O)[O-])cc2[N+](=O)[O-])N=C1c1ccccc1. The Morgan fingerprint density at radius 1 is 0.975 bits per heavy atom. The number of nitrogens with zero attached hydrogens (tertiary/aromatic N) is 4. The molecule has 0 bridgehead atoms. The average molecular weight is 576 g/mol. The van der Waals surface area contributed by atoms with Crippen LogP contribution >= 0.6 is 11.6 Å². The molecule has 1 aliphatic heterocycles. The standard InChI is InChI=1S/C24H13ClF3N5O7/c25-15-8-6-13(24(26,27)28)10-16(15)29-22(35)21(34)19-20(12-4-2-1-3-5-12)30-31(23(19)36)17-9-7-14(32(37)38)11-18(17)33(39)40/h1-11,19H,(H,29,35)/t19-/m0/s1. The zero-order valence-corrected chi connectivity index (χ0v) is 20.3. The van der Waals surface area contributed by atoms with Crippen LogP contribution in [0.3, 0.4) is 0 Å². The van der Waals surface area contributed by atoms with Crippen molar-refractivity contribution in [2.75, 3.05) is 10.3 Å². The largest absolute Gasteiger partial charge is 0.416 e. The number of Topliss-reactive ketones (excluding diaryl/α,β-unsaturated/α-hetero) is 1. The normalized spacial score (nSPS) is 15.0. The summed E-state index contributed by atoms with van der Waals surface area (Å²) in [6, 6.07) is 11.9. The van der Waals surface area contributed by atoms with Gasteiger partial charge >= 0.3 is 11.9 Å². The van der Waals surface area contributed by atoms with Gasteiger partial charge in [-0.05, 0) is 29.8 Å². The molecular weight excluding hydrogens is 563 g/mol. The minimum Gasteiger partial charge on any atom is -0.318 e. The van der Waals surface area contributed by atoms with E-state index in [1.807, 2.05) is 5.32 Å². The fourth-order valence-electron chi connectivity index (χ4n) is 3.76. The third-order valence-corrected chi connectivity index (χ3v) is 5.96. The van der Waals surface area contributed by atoms with E-state index < -0.39 is 67.9 Å². The number of nitro groups is 2. The van der Waals surface area contributed by atoms with Crippen molar-refractivity contribution in [2.45, 2.75) is 6.18 Å². The second-order valence-electron chi connectivity index (χ2n) is 8.13. The van der Waals surface area contributed by atoms with E-state index in [1.165, 1.54) is 24.3 Å². The van der Waals surface area contributed by atoms with Crippen LogP contribution < -0.4 is 10.3 Å². The second kappa shape index (κ2) is 10.5. The number of ketones is 1. The molecule has 2 amide bonds. The first-order chi connectivity index (χ1) is 18.8. The lowest BCUT2D eigenvalue weighted by Gasteiger charge is -2.15. The van der Waals surface area contributed by atoms with Crippen LogP contribution in [0.1, 0.15) is 11.1 Å². The lowest BCUT2D eigenvalue weighted by molar-refractivity contribution is -0.393. The van der Waals surface area contributed by atoms with E-state index >= 15 is 0 Å². The Balaban J connectivity index is 1.75. The van der Waals surface area contributed by atoms with Gasteiger partial charge in [0.25, 0.3) is 17.5 Å². The Hall–Kier alpha value is -5.18. The zero-order chi connectivity index (χ0) is 29.4. The molecule has 0 fully saturated rings. The molecular formula is C24H13ClF3N5O7. The van der Waals surface area contributed by atoms with Crippen molar-refractivity contribution >= 4 is 57.7 Å². The van der Waals surface area contributed by atoms with Crippen LogP contribution in [-0.4, -0.2) is 33.2 Å². The van der Waals surface area contributed by atoms with Crippen molar-refractivity contribution in [3.05, 3.63) is 103 Å². The van der Waals surface area contributed by atoms with Crippen LogP contribution in [0.15, 0.2) is 71.8 Å². The van der Waals surface area contributed by atoms with Gasteiger partial charge in [0.15, 0.2) is 5.92 Å². The molecule has 0 aromatic heterocycles. The molecule has 3 aromatic carbocycles. The molecule has 0 aliphatic carbocycles. The fourth-order valence-corrected chi connectivity index (χ4v) is 3.92. The van der Waals surface area contributed by atoms with Gasteiger partial charge in [-0.1, -0.05) is 41.9 Å². The number of carbonyl (C=O) groups is 3. The second-order valence-corrected chi connectivity index (χ2v) is 8.54. The van der Waals surface area contributed by atoms with Gasteiger partial charge in [0.1, 0.15) is 5.69 Å². The molecule has 12 nitrogen and oxygen atoms in total. The molecule has 4 rings (SSSR count). The first-order valence-corrected chi connectivity index (χ1v) is 11.3. The Kier molecular flexibility index (Phi) is 7.33. The molecule has 1 heterocycles. The predicted molar refractivity (Wildman–Crippen MR) is 134 cm³/mol. The summed E-state index contributed by atoms with van der Waals surface area (Å²) < 4.78 is 39.4. The number of nitro benzene ring substituents is 2. The van der Waals surface area contributed by atoms with Crippen molar-refractivity contribution in [3.8, 4) is 0 Å². The van der Waals surface area contributed by atoms with E-state index in [9.17, 15) is 47.8 Å². The van der Waals surface area contributed by atoms with Crippen LogP contribution in [0.25, 0.3) is 0 Å². The monoisotopic (exact) mass is 575 g/mol. The van der Waals surface area contributed by atoms with Crippen molar-refractivity contribution in [2.24, 2.45) is 11.0 Å². The quantitative estimate of drug-likeness (QED) is 0.184. The van der Waals surface area contributed by atoms with Crippen LogP contribution in [0.4, 0.5) is 35.9 Å². The highest BCUT2D eigenvalue weighted by atomic mass is 35.5. The molecule has 16 heteroatoms. The minimum absolute atomic E-state index is 0.172. The van der Waals surface area contributed by atoms with Gasteiger partial charge in [0.2, 0.25) is 5.78 Å². The van der Waals surface area contributed by atoms with E-state index in [0.717, 1.165) is 18.2 Å². The van der Waals surface area contributed by atoms with Gasteiger partial charge in [-0.2, -0.15) is 23.3 Å². The number of nitrogens with one attached hydrogen (secondary N) is 1. The third kappa shape index (κ3) is 5.35. The first-order valence-electron chi connectivity index (χ1n) is 10.9. The number of anilines is 2. The van der Waals surface area contributed by atoms with E-state index in [4.69, 9.17) is 11.6 Å². The third-order valence-electron chi connectivity index (χ3n) is 5.63. The van der Waals surface area contributed by atoms with Gasteiger partial charge < -0.3 is 5.32 Å². The maximum absolute atomic E-state index is 13.4. The zero-order valence-electron chi connectivity index (χ0n) is 19.6. The van der Waals surface area contributed by atoms with Crippen LogP contribution in [0, 0.1) is 26.1 Å². The number of benzene rings is 3. The summed E-state index contributed by atoms with van der Waals surface area (Å²) in [6.07, 6.45) is -4.79. The van der Waals surface area contributed by atoms with Crippen molar-refractivity contribution in [1.82, 2.24) is 0 Å². The lowest BCUT2D eigenvalue weighted by atomic mass is 9.92. The van der Waals surface area contributed by atoms with Crippen molar-refractivity contribution in [1.29, 1.82) is 0 Å². The molecule has 204 valence electrons. The summed E-state index contributed by atoms with van der Waals surface area (Å²) in [5.41, 5.74) is -3.90. The average Bonchev–Trinajstić information content (AvgIpc) is 3.25. The Labute approximate surface area is 225 Å². The Morgan fingerprint density at radius 3 is 2.25 bits per heavy atom. The predicted octanol–water partition coefficient (Wildman–Crippen LogP) is 4.75. The molecule has 1 aliphatic rings. The molecule has 0 radical (unpaired) electrons. The summed E-state index contributed by atoms with van der Waals surface area (Å²) in [4.78, 5) is 60.4. The fraction of sp³-hybridized carbons (Fsp3) is 0.0833. The highest BCUT2D eigenvalue weighted by Crippen LogP contribution is 2.37. The lowest BCUT2D eigenvalue weighted by Crippen LogP contribution is -2.40. The summed E-state index contributed by atoms with van der Waals surface area (Å²) >= 11 is 5.89. The van der Waals surface area contributed by atoms with Gasteiger partial charge in [0, 0.05) is 6.07 Å². The van der Waals surface area contributed by atoms with Crippen LogP contribution in [0.5, 0.6) is 0 Å². The van der Waals surface area contributed by atoms with Crippen molar-refractivity contribution < 1.29 is 37.4 Å². The molecule has 40 heavy (non-hydrogen) atoms. The summed E-state index contributed by atoms with van der Waals surface area (Å²) in [6.45, 7) is 0. The first kappa shape index (κ1) is 27.8. The number of halogens is 4. The smallest absolute Gasteiger partial charge is 0.318 e. The molecule has 1 atom stereocenters. The topological polar surface area (TPSA) is 165 Å². The van der Waals surface area contributed by atoms with Gasteiger partial charge in [-0.25, -0.2) is 0 Å². The molecule has 0 saturated heterocycles. The van der Waals surface area contributed by atoms with Crippen LogP contribution in [-0.2, 0) is 20.6 Å². The number of hydrogen-bond acceptors (Lipinski definition) is 8. The van der Waals surface area contributed by atoms with Gasteiger partial charge in [-0.3, -0.25) is 34.6 Å². The number of hydrogen-bond donors (Lipinski definition) is 1. The molecule has 1 N–H and O–H groups in total. The highest BCUT2D eigenvalue weighted by molar-refractivity contribution is 6.52. The van der Waals surface area contributed by atoms with Gasteiger partial charge in [0.05, 0.1) is 37.9 Å². The summed E-state index contributed by atoms with van der Waals surface area (Å²) in [7, 11) is 0. The Bertz CT molecular complexity index is 1610. The van der Waals surface area contributed by atoms with Crippen LogP contribution in [0.2, 0.25) is 5.02 Å². The number of rotatable bonds is 7. The number of carbonyl (C=O) groups excluding carboxylic acids is 3. The number of amides is 2. The number of alkyl halides is 3. The van der Waals surface area contributed by atoms with Gasteiger partial charge in [-0.15, -0.1) is 0 Å². The van der Waals surface area contributed by atoms with Crippen molar-refractivity contribution in [3.63, 3.8) is 0 Å². The maximum atomic E-state index is 13.4. The molecule has 0 spiro atoms. The van der Waals surface area contributed by atoms with E-state index in [-0.39, 0.29) is 16.3 Å². The van der Waals surface area contributed by atoms with E-state index in [2.05, 4.69) is 5.10 Å². The Morgan fingerprint density at radius 2 is 1.65 bits per heavy atom. The highest BCUT2D eigenvalue weighted by Gasteiger charge is 2.46. The van der Waals surface area contributed by atoms with E-state index in [1.54, 1.807) is 6.07 Å². The summed E-state index contributed by atoms with van der Waals surface area (Å²) in [5, 5.41) is 28.9. The number of hydrazone groups is 1. The minimum atomic E-state index is -4.79. The molecule has 3 aromatic rings. The summed E-state index contributed by atoms with van der Waals surface area (Å²) in [5.74, 6) is -6.15. The maximum Gasteiger partial charge on any atom is 0.416 e. The molecule has 0 unspecified atom stereocenters. The van der Waals surface area contributed by atoms with E-state index in [0.29, 0.717) is 23.2 Å².